The molecule has 0 aliphatic carbocycles. The number of hydrogen-bond acceptors (Lipinski definition) is 2. The number of nitrogens with zero attached hydrogens (tertiary/aromatic N) is 1. The summed E-state index contributed by atoms with van der Waals surface area (Å²) in [5, 5.41) is 8.21. The molecular weight excluding hydrogens is 124 g/mol. The molecular formula is C7H17NO2. The lowest BCUT2D eigenvalue weighted by Crippen LogP contribution is -2.13. The Balaban J connectivity index is 0. The molecule has 0 aliphatic rings. The summed E-state index contributed by atoms with van der Waals surface area (Å²) in [6.45, 7) is 0.853. The normalized spacial score (nSPS) is 9.10. The summed E-state index contributed by atoms with van der Waals surface area (Å²) in [4.78, 5) is 11.9. The minimum absolute atomic E-state index is 0. The average molecular weight is 141 g/mol. The highest BCUT2D eigenvalue weighted by atomic mass is 16.4. The molecule has 0 saturated heterocycles. The van der Waals surface area contributed by atoms with E-state index in [4.69, 9.17) is 5.11 Å². The lowest BCUT2D eigenvalue weighted by Gasteiger charge is -2.06. The van der Waals surface area contributed by atoms with Gasteiger partial charge in [-0.15, -0.1) is 0 Å². The predicted molar refractivity (Wildman–Crippen MR) is 42.2 cm³/mol. The maximum atomic E-state index is 9.96. The molecule has 0 atom stereocenters. The van der Waals surface area contributed by atoms with Crippen molar-refractivity contribution in [2.75, 3.05) is 20.6 Å². The van der Waals surface area contributed by atoms with E-state index in [1.165, 1.54) is 0 Å². The second-order valence-corrected chi connectivity index (χ2v) is 2.30. The highest BCUT2D eigenvalue weighted by Gasteiger charge is 1.95. The van der Waals surface area contributed by atoms with Crippen molar-refractivity contribution in [3.8, 4) is 0 Å². The first kappa shape index (κ1) is 12.1. The fraction of sp³-hybridized carbons (Fsp3) is 0.857. The van der Waals surface area contributed by atoms with E-state index in [0.29, 0.717) is 0 Å². The van der Waals surface area contributed by atoms with Gasteiger partial charge in [0, 0.05) is 6.42 Å². The lowest BCUT2D eigenvalue weighted by molar-refractivity contribution is -0.137. The topological polar surface area (TPSA) is 40.5 Å². The number of hydrogen-bond donors (Lipinski definition) is 1. The molecule has 3 heteroatoms. The molecule has 0 aromatic heterocycles. The van der Waals surface area contributed by atoms with Crippen LogP contribution in [0.1, 0.15) is 20.3 Å². The number of rotatable bonds is 4. The molecule has 0 spiro atoms. The molecule has 0 radical (unpaired) electrons. The zero-order chi connectivity index (χ0) is 7.28. The second-order valence-electron chi connectivity index (χ2n) is 2.30. The third kappa shape index (κ3) is 10.4. The molecule has 0 amide bonds. The fourth-order valence-electron chi connectivity index (χ4n) is 0.547. The first-order chi connectivity index (χ1) is 4.13. The van der Waals surface area contributed by atoms with Crippen LogP contribution in [0.3, 0.4) is 0 Å². The van der Waals surface area contributed by atoms with Gasteiger partial charge in [-0.2, -0.15) is 0 Å². The highest BCUT2D eigenvalue weighted by molar-refractivity contribution is 5.66. The van der Waals surface area contributed by atoms with Crippen LogP contribution >= 0.6 is 0 Å². The Kier molecular flexibility index (Phi) is 7.95. The first-order valence-electron chi connectivity index (χ1n) is 2.99. The number of aliphatic carboxylic acids is 1. The Morgan fingerprint density at radius 3 is 2.30 bits per heavy atom. The van der Waals surface area contributed by atoms with Gasteiger partial charge in [0.25, 0.3) is 0 Å². The molecule has 0 aromatic carbocycles. The Bertz CT molecular complexity index is 91.6. The van der Waals surface area contributed by atoms with Crippen LogP contribution in [-0.2, 0) is 4.79 Å². The number of carboxylic acid groups (broad SMARTS) is 1. The zero-order valence-corrected chi connectivity index (χ0v) is 5.92. The van der Waals surface area contributed by atoms with Gasteiger partial charge in [-0.25, -0.2) is 0 Å². The predicted octanol–water partition coefficient (Wildman–Crippen LogP) is 1.05. The van der Waals surface area contributed by atoms with Gasteiger partial charge in [-0.05, 0) is 27.1 Å². The molecule has 0 saturated carbocycles. The van der Waals surface area contributed by atoms with Gasteiger partial charge in [-0.3, -0.25) is 4.79 Å². The Hall–Kier alpha value is -0.570. The molecule has 0 heterocycles. The van der Waals surface area contributed by atoms with Gasteiger partial charge in [-0.1, -0.05) is 7.43 Å². The van der Waals surface area contributed by atoms with Crippen molar-refractivity contribution in [1.29, 1.82) is 0 Å². The summed E-state index contributed by atoms with van der Waals surface area (Å²) in [6, 6.07) is 0. The molecule has 0 unspecified atom stereocenters. The monoisotopic (exact) mass is 141 g/mol. The minimum atomic E-state index is -0.711. The Morgan fingerprint density at radius 1 is 1.50 bits per heavy atom. The second kappa shape index (κ2) is 6.55. The van der Waals surface area contributed by atoms with Crippen LogP contribution in [-0.4, -0.2) is 36.6 Å². The van der Waals surface area contributed by atoms with Crippen molar-refractivity contribution >= 4 is 5.97 Å². The Labute approximate surface area is 62.7 Å². The third-order valence-electron chi connectivity index (χ3n) is 0.996. The van der Waals surface area contributed by atoms with E-state index >= 15 is 0 Å². The summed E-state index contributed by atoms with van der Waals surface area (Å²) in [5.74, 6) is -0.711. The summed E-state index contributed by atoms with van der Waals surface area (Å²) in [5.41, 5.74) is 0. The number of carbonyl (C=O) groups is 1. The van der Waals surface area contributed by atoms with Crippen LogP contribution in [0.15, 0.2) is 0 Å². The van der Waals surface area contributed by atoms with Crippen LogP contribution in [0, 0.1) is 0 Å². The van der Waals surface area contributed by atoms with Crippen molar-refractivity contribution < 1.29 is 9.90 Å². The molecule has 0 aromatic rings. The van der Waals surface area contributed by atoms with E-state index < -0.39 is 5.97 Å². The average Bonchev–Trinajstić information content (AvgIpc) is 1.63. The molecule has 1 N–H and O–H groups in total. The third-order valence-corrected chi connectivity index (χ3v) is 0.996. The standard InChI is InChI=1S/C6H13NO2.CH4/c1-7(2)5-3-4-6(8)9;/h3-5H2,1-2H3,(H,8,9);1H4/i;1-6. The molecule has 3 nitrogen and oxygen atoms in total. The van der Waals surface area contributed by atoms with Gasteiger partial charge >= 0.3 is 5.97 Å². The van der Waals surface area contributed by atoms with Gasteiger partial charge in [0.15, 0.2) is 0 Å². The first-order valence-corrected chi connectivity index (χ1v) is 2.99. The molecule has 10 heavy (non-hydrogen) atoms. The SMILES string of the molecule is CN(C)CCCC(=O)O.[6CH4]. The van der Waals surface area contributed by atoms with E-state index in [1.807, 2.05) is 19.0 Å². The van der Waals surface area contributed by atoms with E-state index in [2.05, 4.69) is 0 Å². The maximum Gasteiger partial charge on any atom is 0.303 e. The van der Waals surface area contributed by atoms with Gasteiger partial charge < -0.3 is 10.0 Å². The van der Waals surface area contributed by atoms with Gasteiger partial charge in [0.1, 0.15) is 0 Å². The summed E-state index contributed by atoms with van der Waals surface area (Å²) in [6.07, 6.45) is 1.01. The Morgan fingerprint density at radius 2 is 2.00 bits per heavy atom. The summed E-state index contributed by atoms with van der Waals surface area (Å²) >= 11 is 0. The largest absolute Gasteiger partial charge is 0.481 e. The molecule has 0 aliphatic heterocycles. The maximum absolute atomic E-state index is 9.96. The summed E-state index contributed by atoms with van der Waals surface area (Å²) < 4.78 is 0. The van der Waals surface area contributed by atoms with Crippen molar-refractivity contribution in [2.45, 2.75) is 20.3 Å². The van der Waals surface area contributed by atoms with Crippen molar-refractivity contribution in [3.63, 3.8) is 0 Å². The molecule has 0 rings (SSSR count). The van der Waals surface area contributed by atoms with Crippen LogP contribution < -0.4 is 0 Å². The van der Waals surface area contributed by atoms with E-state index in [9.17, 15) is 4.79 Å². The summed E-state index contributed by atoms with van der Waals surface area (Å²) in [7, 11) is 3.86. The van der Waals surface area contributed by atoms with E-state index in [0.717, 1.165) is 13.0 Å². The van der Waals surface area contributed by atoms with Crippen LogP contribution in [0.25, 0.3) is 0 Å². The van der Waals surface area contributed by atoms with Crippen LogP contribution in [0.5, 0.6) is 0 Å². The van der Waals surface area contributed by atoms with Crippen molar-refractivity contribution in [1.82, 2.24) is 4.90 Å². The van der Waals surface area contributed by atoms with E-state index in [-0.39, 0.29) is 13.8 Å². The smallest absolute Gasteiger partial charge is 0.303 e. The minimum Gasteiger partial charge on any atom is -0.481 e. The van der Waals surface area contributed by atoms with Crippen molar-refractivity contribution in [3.05, 3.63) is 0 Å². The molecule has 0 bridgehead atoms. The van der Waals surface area contributed by atoms with Crippen LogP contribution in [0.2, 0.25) is 0 Å². The molecule has 0 fully saturated rings. The van der Waals surface area contributed by atoms with Crippen molar-refractivity contribution in [2.24, 2.45) is 0 Å². The zero-order valence-electron chi connectivity index (χ0n) is 5.92. The number of carboxylic acids is 1. The fourth-order valence-corrected chi connectivity index (χ4v) is 0.547. The van der Waals surface area contributed by atoms with Crippen LogP contribution in [0.4, 0.5) is 0 Å². The lowest BCUT2D eigenvalue weighted by atomic mass is 6.00. The highest BCUT2D eigenvalue weighted by Crippen LogP contribution is 1.89. The quantitative estimate of drug-likeness (QED) is 0.636. The van der Waals surface area contributed by atoms with Gasteiger partial charge in [0.05, 0.1) is 0 Å². The van der Waals surface area contributed by atoms with Gasteiger partial charge in [0.2, 0.25) is 0 Å². The van der Waals surface area contributed by atoms with E-state index in [1.54, 1.807) is 0 Å². The molecule has 62 valence electrons.